The van der Waals surface area contributed by atoms with Crippen molar-refractivity contribution in [3.05, 3.63) is 42.0 Å². The van der Waals surface area contributed by atoms with Crippen LogP contribution < -0.4 is 10.1 Å². The number of benzene rings is 1. The highest BCUT2D eigenvalue weighted by Gasteiger charge is 2.32. The average molecular weight is 428 g/mol. The predicted molar refractivity (Wildman–Crippen MR) is 123 cm³/mol. The number of fused-ring (bicyclic) bond motifs is 3. The molecule has 2 aliphatic rings. The van der Waals surface area contributed by atoms with Gasteiger partial charge in [0.25, 0.3) is 0 Å². The minimum atomic E-state index is 0.0930. The van der Waals surface area contributed by atoms with Gasteiger partial charge in [0.1, 0.15) is 12.4 Å². The molecule has 170 valence electrons. The summed E-state index contributed by atoms with van der Waals surface area (Å²) in [5.41, 5.74) is 1.11. The Balaban J connectivity index is 1.79. The van der Waals surface area contributed by atoms with E-state index in [1.807, 2.05) is 43.0 Å². The van der Waals surface area contributed by atoms with E-state index in [0.717, 1.165) is 37.2 Å². The molecule has 2 amide bonds. The summed E-state index contributed by atoms with van der Waals surface area (Å²) in [6, 6.07) is 8.22. The summed E-state index contributed by atoms with van der Waals surface area (Å²) in [4.78, 5) is 29.7. The van der Waals surface area contributed by atoms with Gasteiger partial charge in [-0.2, -0.15) is 0 Å². The van der Waals surface area contributed by atoms with E-state index in [-0.39, 0.29) is 29.7 Å². The van der Waals surface area contributed by atoms with Crippen molar-refractivity contribution in [3.63, 3.8) is 0 Å². The number of ether oxygens (including phenoxy) is 1. The quantitative estimate of drug-likeness (QED) is 0.733. The molecule has 0 aromatic heterocycles. The first-order valence-electron chi connectivity index (χ1n) is 11.6. The molecule has 1 aromatic carbocycles. The van der Waals surface area contributed by atoms with E-state index in [9.17, 15) is 9.59 Å². The molecule has 0 saturated carbocycles. The fourth-order valence-electron chi connectivity index (χ4n) is 4.55. The Labute approximate surface area is 186 Å². The van der Waals surface area contributed by atoms with Crippen LogP contribution in [0.2, 0.25) is 0 Å². The molecule has 6 heteroatoms. The average Bonchev–Trinajstić information content (AvgIpc) is 2.73. The van der Waals surface area contributed by atoms with Crippen molar-refractivity contribution in [2.45, 2.75) is 52.6 Å². The maximum atomic E-state index is 13.1. The third kappa shape index (κ3) is 6.82. The van der Waals surface area contributed by atoms with E-state index >= 15 is 0 Å². The smallest absolute Gasteiger partial charge is 0.236 e. The molecule has 3 rings (SSSR count). The van der Waals surface area contributed by atoms with Crippen LogP contribution in [0.4, 0.5) is 0 Å². The summed E-state index contributed by atoms with van der Waals surface area (Å²) in [6.07, 6.45) is 6.54. The van der Waals surface area contributed by atoms with Crippen LogP contribution in [0.3, 0.4) is 0 Å². The van der Waals surface area contributed by atoms with Gasteiger partial charge in [-0.3, -0.25) is 14.5 Å². The predicted octanol–water partition coefficient (Wildman–Crippen LogP) is 3.23. The zero-order valence-corrected chi connectivity index (χ0v) is 19.2. The lowest BCUT2D eigenvalue weighted by atomic mass is 9.82. The van der Waals surface area contributed by atoms with E-state index in [1.54, 1.807) is 0 Å². The second kappa shape index (κ2) is 11.3. The summed E-state index contributed by atoms with van der Waals surface area (Å²) in [5, 5.41) is 3.01. The van der Waals surface area contributed by atoms with Gasteiger partial charge in [-0.25, -0.2) is 0 Å². The van der Waals surface area contributed by atoms with Crippen LogP contribution >= 0.6 is 0 Å². The number of hydrogen-bond acceptors (Lipinski definition) is 4. The van der Waals surface area contributed by atoms with Gasteiger partial charge >= 0.3 is 0 Å². The second-order valence-electron chi connectivity index (χ2n) is 9.04. The Morgan fingerprint density at radius 3 is 2.84 bits per heavy atom. The first kappa shape index (κ1) is 23.3. The van der Waals surface area contributed by atoms with Gasteiger partial charge in [0.05, 0.1) is 6.54 Å². The first-order valence-corrected chi connectivity index (χ1v) is 11.6. The van der Waals surface area contributed by atoms with Crippen molar-refractivity contribution in [2.75, 3.05) is 32.8 Å². The minimum absolute atomic E-state index is 0.0930. The molecule has 0 radical (unpaired) electrons. The lowest BCUT2D eigenvalue weighted by Crippen LogP contribution is -2.48. The first-order chi connectivity index (χ1) is 15.0. The number of piperidine rings is 1. The number of rotatable bonds is 5. The summed E-state index contributed by atoms with van der Waals surface area (Å²) < 4.78 is 6.07. The van der Waals surface area contributed by atoms with Gasteiger partial charge in [-0.15, -0.1) is 0 Å². The normalized spacial score (nSPS) is 22.7. The molecule has 0 spiro atoms. The highest BCUT2D eigenvalue weighted by Crippen LogP contribution is 2.29. The Morgan fingerprint density at radius 2 is 2.06 bits per heavy atom. The maximum absolute atomic E-state index is 13.1. The van der Waals surface area contributed by atoms with Gasteiger partial charge in [0, 0.05) is 37.7 Å². The lowest BCUT2D eigenvalue weighted by molar-refractivity contribution is -0.135. The molecule has 0 aliphatic carbocycles. The molecule has 1 fully saturated rings. The number of para-hydroxylation sites is 1. The molecule has 1 saturated heterocycles. The van der Waals surface area contributed by atoms with Crippen molar-refractivity contribution in [2.24, 2.45) is 11.8 Å². The molecule has 31 heavy (non-hydrogen) atoms. The maximum Gasteiger partial charge on any atom is 0.236 e. The second-order valence-corrected chi connectivity index (χ2v) is 9.04. The summed E-state index contributed by atoms with van der Waals surface area (Å²) in [7, 11) is 0. The highest BCUT2D eigenvalue weighted by molar-refractivity contribution is 5.79. The number of carbonyl (C=O) groups excluding carboxylic acids is 2. The van der Waals surface area contributed by atoms with Gasteiger partial charge < -0.3 is 15.0 Å². The summed E-state index contributed by atoms with van der Waals surface area (Å²) in [5.74, 6) is 1.54. The minimum Gasteiger partial charge on any atom is -0.489 e. The molecule has 1 aromatic rings. The fraction of sp³-hybridized carbons (Fsp3) is 0.600. The monoisotopic (exact) mass is 427 g/mol. The van der Waals surface area contributed by atoms with Gasteiger partial charge in [-0.05, 0) is 51.1 Å². The molecular formula is C25H37N3O3. The van der Waals surface area contributed by atoms with E-state index in [2.05, 4.69) is 29.3 Å². The molecule has 1 N–H and O–H groups in total. The molecular weight excluding hydrogens is 390 g/mol. The Kier molecular flexibility index (Phi) is 8.52. The third-order valence-corrected chi connectivity index (χ3v) is 6.04. The van der Waals surface area contributed by atoms with Crippen molar-refractivity contribution in [1.82, 2.24) is 15.1 Å². The standard InChI is InChI=1S/C25H37N3O3/c1-4-12-27-16-22-8-5-6-10-23(22)31-14-7-9-21-17-28(25(30)18-27)13-11-20(21)15-24(29)26-19(2)3/h5-10,19-21H,4,11-18H2,1-3H3,(H,26,29)/t20-,21-/m0/s1. The van der Waals surface area contributed by atoms with Crippen LogP contribution in [0.25, 0.3) is 0 Å². The molecule has 6 nitrogen and oxygen atoms in total. The van der Waals surface area contributed by atoms with Crippen molar-refractivity contribution in [3.8, 4) is 5.75 Å². The molecule has 2 bridgehead atoms. The molecule has 2 heterocycles. The Bertz CT molecular complexity index is 777. The number of nitrogens with one attached hydrogen (secondary N) is 1. The summed E-state index contributed by atoms with van der Waals surface area (Å²) >= 11 is 0. The Hall–Kier alpha value is -2.34. The van der Waals surface area contributed by atoms with Crippen LogP contribution in [0.1, 0.15) is 45.6 Å². The fourth-order valence-corrected chi connectivity index (χ4v) is 4.55. The van der Waals surface area contributed by atoms with Gasteiger partial charge in [0.15, 0.2) is 0 Å². The molecule has 2 aliphatic heterocycles. The van der Waals surface area contributed by atoms with Crippen LogP contribution in [0.15, 0.2) is 36.4 Å². The van der Waals surface area contributed by atoms with Crippen LogP contribution in [-0.4, -0.2) is 60.4 Å². The number of carbonyl (C=O) groups is 2. The SMILES string of the molecule is CCCN1CC(=O)N2CC[C@@H](CC(=O)NC(C)C)[C@@H](C=CCOc3ccccc3C1)C2. The number of nitrogens with zero attached hydrogens (tertiary/aromatic N) is 2. The van der Waals surface area contributed by atoms with E-state index in [0.29, 0.717) is 32.7 Å². The van der Waals surface area contributed by atoms with E-state index < -0.39 is 0 Å². The lowest BCUT2D eigenvalue weighted by Gasteiger charge is -2.38. The van der Waals surface area contributed by atoms with Gasteiger partial charge in [-0.1, -0.05) is 37.3 Å². The van der Waals surface area contributed by atoms with Crippen LogP contribution in [-0.2, 0) is 16.1 Å². The van der Waals surface area contributed by atoms with Crippen molar-refractivity contribution < 1.29 is 14.3 Å². The van der Waals surface area contributed by atoms with Crippen LogP contribution in [0, 0.1) is 11.8 Å². The van der Waals surface area contributed by atoms with Crippen molar-refractivity contribution >= 4 is 11.8 Å². The number of hydrogen-bond donors (Lipinski definition) is 1. The highest BCUT2D eigenvalue weighted by atomic mass is 16.5. The third-order valence-electron chi connectivity index (χ3n) is 6.04. The molecule has 0 unspecified atom stereocenters. The molecule has 2 atom stereocenters. The number of amides is 2. The van der Waals surface area contributed by atoms with E-state index in [4.69, 9.17) is 4.74 Å². The van der Waals surface area contributed by atoms with Crippen LogP contribution in [0.5, 0.6) is 5.75 Å². The zero-order chi connectivity index (χ0) is 22.2. The zero-order valence-electron chi connectivity index (χ0n) is 19.2. The van der Waals surface area contributed by atoms with Gasteiger partial charge in [0.2, 0.25) is 11.8 Å². The van der Waals surface area contributed by atoms with E-state index in [1.165, 1.54) is 0 Å². The topological polar surface area (TPSA) is 61.9 Å². The Morgan fingerprint density at radius 1 is 1.26 bits per heavy atom. The van der Waals surface area contributed by atoms with Crippen molar-refractivity contribution in [1.29, 1.82) is 0 Å². The largest absolute Gasteiger partial charge is 0.489 e. The summed E-state index contributed by atoms with van der Waals surface area (Å²) in [6.45, 7) is 9.96.